The molecule has 0 aromatic heterocycles. The van der Waals surface area contributed by atoms with Crippen molar-refractivity contribution in [1.29, 1.82) is 0 Å². The van der Waals surface area contributed by atoms with Crippen LogP contribution in [-0.2, 0) is 10.9 Å². The molecule has 0 saturated carbocycles. The second kappa shape index (κ2) is 8.32. The molecular formula is C23H15F3O4. The van der Waals surface area contributed by atoms with Crippen LogP contribution in [0.25, 0.3) is 0 Å². The molecule has 4 nitrogen and oxygen atoms in total. The summed E-state index contributed by atoms with van der Waals surface area (Å²) in [6, 6.07) is 15.7. The molecule has 0 aliphatic carbocycles. The van der Waals surface area contributed by atoms with Gasteiger partial charge in [-0.05, 0) is 24.3 Å². The maximum Gasteiger partial charge on any atom is 0.416 e. The summed E-state index contributed by atoms with van der Waals surface area (Å²) in [7, 11) is 1.26. The number of hydrogen-bond acceptors (Lipinski definition) is 4. The zero-order valence-electron chi connectivity index (χ0n) is 15.7. The summed E-state index contributed by atoms with van der Waals surface area (Å²) in [6.45, 7) is 0. The van der Waals surface area contributed by atoms with E-state index >= 15 is 0 Å². The topological polar surface area (TPSA) is 60.4 Å². The summed E-state index contributed by atoms with van der Waals surface area (Å²) < 4.78 is 42.5. The van der Waals surface area contributed by atoms with E-state index in [1.54, 1.807) is 0 Å². The van der Waals surface area contributed by atoms with Crippen molar-refractivity contribution >= 4 is 17.5 Å². The van der Waals surface area contributed by atoms with E-state index in [9.17, 15) is 27.6 Å². The van der Waals surface area contributed by atoms with Crippen molar-refractivity contribution in [2.45, 2.75) is 6.18 Å². The van der Waals surface area contributed by atoms with Crippen molar-refractivity contribution in [3.05, 3.63) is 106 Å². The summed E-state index contributed by atoms with van der Waals surface area (Å²) in [5, 5.41) is 0. The fourth-order valence-electron chi connectivity index (χ4n) is 2.79. The average molecular weight is 412 g/mol. The van der Waals surface area contributed by atoms with Gasteiger partial charge in [0.15, 0.2) is 11.6 Å². The second-order valence-electron chi connectivity index (χ2n) is 6.38. The summed E-state index contributed by atoms with van der Waals surface area (Å²) in [4.78, 5) is 36.5. The van der Waals surface area contributed by atoms with Gasteiger partial charge in [-0.2, -0.15) is 13.2 Å². The average Bonchev–Trinajstić information content (AvgIpc) is 2.77. The van der Waals surface area contributed by atoms with Crippen LogP contribution in [0.3, 0.4) is 0 Å². The van der Waals surface area contributed by atoms with E-state index in [0.717, 1.165) is 24.3 Å². The van der Waals surface area contributed by atoms with Gasteiger partial charge in [-0.1, -0.05) is 48.5 Å². The minimum absolute atomic E-state index is 0.112. The molecule has 152 valence electrons. The minimum Gasteiger partial charge on any atom is -0.465 e. The number of ketones is 2. The Kier molecular flexibility index (Phi) is 5.82. The van der Waals surface area contributed by atoms with Gasteiger partial charge < -0.3 is 4.74 Å². The maximum atomic E-state index is 12.6. The number of rotatable bonds is 5. The number of methoxy groups -OCH3 is 1. The third-order valence-electron chi connectivity index (χ3n) is 4.45. The molecule has 0 bridgehead atoms. The van der Waals surface area contributed by atoms with Gasteiger partial charge in [0.05, 0.1) is 18.2 Å². The van der Waals surface area contributed by atoms with Crippen LogP contribution in [0.4, 0.5) is 13.2 Å². The van der Waals surface area contributed by atoms with Crippen LogP contribution in [0.1, 0.15) is 47.8 Å². The molecule has 3 aromatic rings. The molecule has 0 saturated heterocycles. The molecule has 0 unspecified atom stereocenters. The highest BCUT2D eigenvalue weighted by atomic mass is 19.4. The summed E-state index contributed by atoms with van der Waals surface area (Å²) in [5.74, 6) is -1.27. The third-order valence-corrected chi connectivity index (χ3v) is 4.45. The molecule has 0 aliphatic heterocycles. The predicted octanol–water partition coefficient (Wildman–Crippen LogP) is 4.95. The lowest BCUT2D eigenvalue weighted by Gasteiger charge is -2.08. The summed E-state index contributed by atoms with van der Waals surface area (Å²) >= 11 is 0. The van der Waals surface area contributed by atoms with Gasteiger partial charge in [-0.3, -0.25) is 9.59 Å². The molecule has 7 heteroatoms. The van der Waals surface area contributed by atoms with E-state index < -0.39 is 23.5 Å². The first-order valence-corrected chi connectivity index (χ1v) is 8.76. The molecule has 3 aromatic carbocycles. The Labute approximate surface area is 169 Å². The van der Waals surface area contributed by atoms with Crippen LogP contribution in [0.5, 0.6) is 0 Å². The van der Waals surface area contributed by atoms with Crippen LogP contribution in [0.2, 0.25) is 0 Å². The van der Waals surface area contributed by atoms with Crippen LogP contribution in [0.15, 0.2) is 72.8 Å². The molecule has 3 rings (SSSR count). The monoisotopic (exact) mass is 412 g/mol. The fourth-order valence-corrected chi connectivity index (χ4v) is 2.79. The van der Waals surface area contributed by atoms with Crippen molar-refractivity contribution < 1.29 is 32.3 Å². The lowest BCUT2D eigenvalue weighted by Crippen LogP contribution is -2.07. The second-order valence-corrected chi connectivity index (χ2v) is 6.38. The molecule has 0 aliphatic rings. The Bertz CT molecular complexity index is 1080. The molecule has 0 spiro atoms. The Morgan fingerprint density at radius 3 is 1.20 bits per heavy atom. The molecule has 0 amide bonds. The number of hydrogen-bond donors (Lipinski definition) is 0. The molecule has 0 N–H and O–H groups in total. The lowest BCUT2D eigenvalue weighted by atomic mass is 9.97. The van der Waals surface area contributed by atoms with Gasteiger partial charge in [0.2, 0.25) is 0 Å². The molecule has 0 atom stereocenters. The van der Waals surface area contributed by atoms with E-state index in [0.29, 0.717) is 16.7 Å². The number of benzene rings is 3. The fraction of sp³-hybridized carbons (Fsp3) is 0.0870. The SMILES string of the molecule is COC(=O)c1ccc(C(=O)c2ccc(C(=O)c3ccc(C(F)(F)F)cc3)cc2)cc1. The lowest BCUT2D eigenvalue weighted by molar-refractivity contribution is -0.137. The Balaban J connectivity index is 1.76. The zero-order chi connectivity index (χ0) is 21.9. The van der Waals surface area contributed by atoms with E-state index in [1.165, 1.54) is 55.6 Å². The molecule has 0 radical (unpaired) electrons. The van der Waals surface area contributed by atoms with Gasteiger partial charge in [0.25, 0.3) is 0 Å². The molecular weight excluding hydrogens is 397 g/mol. The third kappa shape index (κ3) is 4.46. The first-order valence-electron chi connectivity index (χ1n) is 8.76. The summed E-state index contributed by atoms with van der Waals surface area (Å²) in [6.07, 6.45) is -4.47. The van der Waals surface area contributed by atoms with Crippen molar-refractivity contribution in [3.8, 4) is 0 Å². The smallest absolute Gasteiger partial charge is 0.416 e. The van der Waals surface area contributed by atoms with E-state index in [-0.39, 0.29) is 16.9 Å². The first kappa shape index (κ1) is 21.0. The molecule has 0 fully saturated rings. The minimum atomic E-state index is -4.47. The van der Waals surface area contributed by atoms with E-state index in [2.05, 4.69) is 4.74 Å². The Morgan fingerprint density at radius 2 is 0.900 bits per heavy atom. The van der Waals surface area contributed by atoms with Gasteiger partial charge in [0, 0.05) is 22.3 Å². The van der Waals surface area contributed by atoms with Crippen LogP contribution < -0.4 is 0 Å². The molecule has 30 heavy (non-hydrogen) atoms. The maximum absolute atomic E-state index is 12.6. The van der Waals surface area contributed by atoms with E-state index in [4.69, 9.17) is 0 Å². The first-order chi connectivity index (χ1) is 14.2. The zero-order valence-corrected chi connectivity index (χ0v) is 15.7. The number of carbonyl (C=O) groups is 3. The summed E-state index contributed by atoms with van der Waals surface area (Å²) in [5.41, 5.74) is 0.506. The van der Waals surface area contributed by atoms with Gasteiger partial charge >= 0.3 is 12.1 Å². The Hall–Kier alpha value is -3.74. The molecule has 0 heterocycles. The van der Waals surface area contributed by atoms with Crippen molar-refractivity contribution in [2.75, 3.05) is 7.11 Å². The number of esters is 1. The van der Waals surface area contributed by atoms with Crippen LogP contribution in [0, 0.1) is 0 Å². The highest BCUT2D eigenvalue weighted by Crippen LogP contribution is 2.29. The quantitative estimate of drug-likeness (QED) is 0.439. The van der Waals surface area contributed by atoms with E-state index in [1.807, 2.05) is 0 Å². The van der Waals surface area contributed by atoms with Gasteiger partial charge in [-0.15, -0.1) is 0 Å². The normalized spacial score (nSPS) is 11.1. The predicted molar refractivity (Wildman–Crippen MR) is 103 cm³/mol. The number of carbonyl (C=O) groups excluding carboxylic acids is 3. The number of alkyl halides is 3. The Morgan fingerprint density at radius 1 is 0.600 bits per heavy atom. The van der Waals surface area contributed by atoms with Crippen molar-refractivity contribution in [3.63, 3.8) is 0 Å². The van der Waals surface area contributed by atoms with Gasteiger partial charge in [-0.25, -0.2) is 4.79 Å². The largest absolute Gasteiger partial charge is 0.465 e. The van der Waals surface area contributed by atoms with Crippen LogP contribution >= 0.6 is 0 Å². The number of ether oxygens (including phenoxy) is 1. The highest BCUT2D eigenvalue weighted by molar-refractivity contribution is 6.11. The van der Waals surface area contributed by atoms with Gasteiger partial charge in [0.1, 0.15) is 0 Å². The highest BCUT2D eigenvalue weighted by Gasteiger charge is 2.30. The van der Waals surface area contributed by atoms with Crippen molar-refractivity contribution in [1.82, 2.24) is 0 Å². The number of halogens is 3. The van der Waals surface area contributed by atoms with Crippen LogP contribution in [-0.4, -0.2) is 24.6 Å². The van der Waals surface area contributed by atoms with Crippen molar-refractivity contribution in [2.24, 2.45) is 0 Å². The standard InChI is InChI=1S/C23H15F3O4/c1-30-22(29)18-8-6-16(7-9-18)20(27)14-2-4-15(5-3-14)21(28)17-10-12-19(13-11-17)23(24,25)26/h2-13H,1H3.